The molecular weight excluding hydrogens is 286 g/mol. The van der Waals surface area contributed by atoms with E-state index in [1.807, 2.05) is 0 Å². The Labute approximate surface area is 108 Å². The summed E-state index contributed by atoms with van der Waals surface area (Å²) >= 11 is 5.12. The molecule has 3 rings (SSSR count). The van der Waals surface area contributed by atoms with Gasteiger partial charge in [0.25, 0.3) is 0 Å². The number of rotatable bonds is 5. The van der Waals surface area contributed by atoms with Crippen LogP contribution in [-0.2, 0) is 0 Å². The smallest absolute Gasteiger partial charge is 0.191 e. The van der Waals surface area contributed by atoms with E-state index in [-0.39, 0.29) is 0 Å². The van der Waals surface area contributed by atoms with Gasteiger partial charge in [-0.1, -0.05) is 34.3 Å². The lowest BCUT2D eigenvalue weighted by Gasteiger charge is -2.07. The molecule has 0 atom stereocenters. The average Bonchev–Trinajstić information content (AvgIpc) is 3.13. The zero-order chi connectivity index (χ0) is 11.1. The van der Waals surface area contributed by atoms with Crippen molar-refractivity contribution < 1.29 is 0 Å². The van der Waals surface area contributed by atoms with Crippen LogP contribution in [0.3, 0.4) is 0 Å². The van der Waals surface area contributed by atoms with E-state index < -0.39 is 0 Å². The number of thioether (sulfide) groups is 1. The molecule has 0 spiro atoms. The van der Waals surface area contributed by atoms with Gasteiger partial charge in [-0.25, -0.2) is 0 Å². The van der Waals surface area contributed by atoms with Gasteiger partial charge in [0.15, 0.2) is 5.16 Å². The van der Waals surface area contributed by atoms with Crippen LogP contribution in [0.25, 0.3) is 0 Å². The largest absolute Gasteiger partial charge is 0.303 e. The maximum Gasteiger partial charge on any atom is 0.191 e. The fourth-order valence-electron chi connectivity index (χ4n) is 1.83. The van der Waals surface area contributed by atoms with Gasteiger partial charge < -0.3 is 4.57 Å². The van der Waals surface area contributed by atoms with Crippen molar-refractivity contribution in [1.82, 2.24) is 14.8 Å². The summed E-state index contributed by atoms with van der Waals surface area (Å²) in [7, 11) is 0. The molecule has 0 unspecified atom stereocenters. The summed E-state index contributed by atoms with van der Waals surface area (Å²) in [4.78, 5) is 0. The first-order valence-electron chi connectivity index (χ1n) is 5.66. The van der Waals surface area contributed by atoms with Crippen LogP contribution in [-0.4, -0.2) is 20.5 Å². The van der Waals surface area contributed by atoms with E-state index in [4.69, 9.17) is 0 Å². The highest BCUT2D eigenvalue weighted by atomic mass is 79.9. The fraction of sp³-hybridized carbons (Fsp3) is 0.636. The van der Waals surface area contributed by atoms with Gasteiger partial charge in [0.05, 0.1) is 0 Å². The van der Waals surface area contributed by atoms with Crippen molar-refractivity contribution in [3.05, 3.63) is 16.9 Å². The van der Waals surface area contributed by atoms with Crippen molar-refractivity contribution >= 4 is 27.7 Å². The minimum atomic E-state index is 0.677. The van der Waals surface area contributed by atoms with Gasteiger partial charge in [0.2, 0.25) is 0 Å². The second-order valence-electron chi connectivity index (χ2n) is 4.52. The van der Waals surface area contributed by atoms with Gasteiger partial charge in [-0.3, -0.25) is 0 Å². The van der Waals surface area contributed by atoms with Crippen LogP contribution in [0.5, 0.6) is 0 Å². The molecule has 2 aliphatic carbocycles. The summed E-state index contributed by atoms with van der Waals surface area (Å²) < 4.78 is 3.38. The second kappa shape index (κ2) is 4.18. The summed E-state index contributed by atoms with van der Waals surface area (Å²) in [5.74, 6) is 2.79. The van der Waals surface area contributed by atoms with Crippen LogP contribution in [0.1, 0.15) is 43.5 Å². The fourth-order valence-corrected chi connectivity index (χ4v) is 2.93. The van der Waals surface area contributed by atoms with E-state index in [0.717, 1.165) is 15.4 Å². The predicted octanol–water partition coefficient (Wildman–Crippen LogP) is 3.49. The number of hydrogen-bond acceptors (Lipinski definition) is 3. The molecule has 86 valence electrons. The summed E-state index contributed by atoms with van der Waals surface area (Å²) in [5, 5.41) is 9.76. The van der Waals surface area contributed by atoms with E-state index in [9.17, 15) is 0 Å². The average molecular weight is 300 g/mol. The number of hydrogen-bond donors (Lipinski definition) is 0. The highest BCUT2D eigenvalue weighted by Gasteiger charge is 2.36. The van der Waals surface area contributed by atoms with Crippen molar-refractivity contribution in [2.75, 3.05) is 5.75 Å². The van der Waals surface area contributed by atoms with Crippen molar-refractivity contribution in [3.63, 3.8) is 0 Å². The zero-order valence-corrected chi connectivity index (χ0v) is 11.4. The Morgan fingerprint density at radius 2 is 2.12 bits per heavy atom. The molecule has 0 bridgehead atoms. The lowest BCUT2D eigenvalue weighted by molar-refractivity contribution is 0.627. The molecular formula is C11H14BrN3S. The third-order valence-corrected chi connectivity index (χ3v) is 4.58. The maximum atomic E-state index is 4.36. The normalized spacial score (nSPS) is 20.1. The minimum absolute atomic E-state index is 0.677. The molecule has 0 radical (unpaired) electrons. The SMILES string of the molecule is C=C(Br)CSc1nnc(C2CC2)n1C1CC1. The molecule has 5 heteroatoms. The van der Waals surface area contributed by atoms with Crippen molar-refractivity contribution in [1.29, 1.82) is 0 Å². The molecule has 0 N–H and O–H groups in total. The van der Waals surface area contributed by atoms with Crippen molar-refractivity contribution in [3.8, 4) is 0 Å². The molecule has 1 aromatic heterocycles. The third kappa shape index (κ3) is 2.20. The summed E-state index contributed by atoms with van der Waals surface area (Å²) in [6, 6.07) is 0.677. The summed E-state index contributed by atoms with van der Waals surface area (Å²) in [6.45, 7) is 3.85. The monoisotopic (exact) mass is 299 g/mol. The quantitative estimate of drug-likeness (QED) is 0.780. The van der Waals surface area contributed by atoms with E-state index in [2.05, 4.69) is 37.3 Å². The lowest BCUT2D eigenvalue weighted by atomic mass is 10.4. The van der Waals surface area contributed by atoms with Crippen LogP contribution in [0.15, 0.2) is 16.2 Å². The molecule has 16 heavy (non-hydrogen) atoms. The predicted molar refractivity (Wildman–Crippen MR) is 69.1 cm³/mol. The molecule has 0 aliphatic heterocycles. The first-order chi connectivity index (χ1) is 7.75. The molecule has 3 nitrogen and oxygen atoms in total. The zero-order valence-electron chi connectivity index (χ0n) is 9.03. The highest BCUT2D eigenvalue weighted by Crippen LogP contribution is 2.46. The van der Waals surface area contributed by atoms with E-state index in [1.54, 1.807) is 11.8 Å². The molecule has 0 saturated heterocycles. The minimum Gasteiger partial charge on any atom is -0.303 e. The van der Waals surface area contributed by atoms with Gasteiger partial charge >= 0.3 is 0 Å². The van der Waals surface area contributed by atoms with E-state index >= 15 is 0 Å². The van der Waals surface area contributed by atoms with Gasteiger partial charge in [0, 0.05) is 17.7 Å². The highest BCUT2D eigenvalue weighted by molar-refractivity contribution is 9.11. The Morgan fingerprint density at radius 3 is 2.69 bits per heavy atom. The van der Waals surface area contributed by atoms with Crippen molar-refractivity contribution in [2.24, 2.45) is 0 Å². The Hall–Kier alpha value is -0.290. The first kappa shape index (κ1) is 10.8. The van der Waals surface area contributed by atoms with E-state index in [0.29, 0.717) is 12.0 Å². The molecule has 2 fully saturated rings. The third-order valence-electron chi connectivity index (χ3n) is 2.90. The van der Waals surface area contributed by atoms with Crippen LogP contribution in [0, 0.1) is 0 Å². The molecule has 1 heterocycles. The second-order valence-corrected chi connectivity index (χ2v) is 6.59. The van der Waals surface area contributed by atoms with E-state index in [1.165, 1.54) is 31.5 Å². The number of aromatic nitrogens is 3. The van der Waals surface area contributed by atoms with Crippen LogP contribution in [0.2, 0.25) is 0 Å². The van der Waals surface area contributed by atoms with Gasteiger partial charge in [-0.2, -0.15) is 0 Å². The molecule has 1 aromatic rings. The molecule has 2 aliphatic rings. The van der Waals surface area contributed by atoms with Gasteiger partial charge in [0.1, 0.15) is 5.82 Å². The standard InChI is InChI=1S/C11H14BrN3S/c1-7(12)6-16-11-14-13-10(8-2-3-8)15(11)9-4-5-9/h8-9H,1-6H2. The van der Waals surface area contributed by atoms with Crippen LogP contribution < -0.4 is 0 Å². The summed E-state index contributed by atoms with van der Waals surface area (Å²) in [5.41, 5.74) is 0. The molecule has 2 saturated carbocycles. The lowest BCUT2D eigenvalue weighted by Crippen LogP contribution is -2.02. The molecule has 0 amide bonds. The molecule has 0 aromatic carbocycles. The first-order valence-corrected chi connectivity index (χ1v) is 7.44. The van der Waals surface area contributed by atoms with Crippen LogP contribution in [0.4, 0.5) is 0 Å². The topological polar surface area (TPSA) is 30.7 Å². The Balaban J connectivity index is 1.82. The Bertz CT molecular complexity index is 421. The summed E-state index contributed by atoms with van der Waals surface area (Å²) in [6.07, 6.45) is 5.17. The van der Waals surface area contributed by atoms with Crippen molar-refractivity contribution in [2.45, 2.75) is 42.8 Å². The number of halogens is 1. The Morgan fingerprint density at radius 1 is 1.38 bits per heavy atom. The maximum absolute atomic E-state index is 4.36. The number of nitrogens with zero attached hydrogens (tertiary/aromatic N) is 3. The Kier molecular flexibility index (Phi) is 2.83. The van der Waals surface area contributed by atoms with Gasteiger partial charge in [-0.05, 0) is 30.2 Å². The van der Waals surface area contributed by atoms with Crippen LogP contribution >= 0.6 is 27.7 Å². The van der Waals surface area contributed by atoms with Gasteiger partial charge in [-0.15, -0.1) is 10.2 Å².